The van der Waals surface area contributed by atoms with E-state index in [9.17, 15) is 4.79 Å². The highest BCUT2D eigenvalue weighted by Crippen LogP contribution is 2.27. The normalized spacial score (nSPS) is 15.6. The monoisotopic (exact) mass is 566 g/mol. The number of hydrogen-bond acceptors (Lipinski definition) is 7. The van der Waals surface area contributed by atoms with Gasteiger partial charge in [-0.2, -0.15) is 5.10 Å². The lowest BCUT2D eigenvalue weighted by Crippen LogP contribution is -2.28. The van der Waals surface area contributed by atoms with Gasteiger partial charge in [-0.3, -0.25) is 9.89 Å². The van der Waals surface area contributed by atoms with Crippen LogP contribution < -0.4 is 16.4 Å². The molecule has 5 N–H and O–H groups in total. The fourth-order valence-corrected chi connectivity index (χ4v) is 4.90. The number of nitrogen functional groups attached to an aromatic ring is 1. The maximum Gasteiger partial charge on any atom is 0.253 e. The predicted molar refractivity (Wildman–Crippen MR) is 142 cm³/mol. The number of benzene rings is 2. The average molecular weight is 568 g/mol. The molecule has 0 spiro atoms. The van der Waals surface area contributed by atoms with Crippen molar-refractivity contribution in [1.82, 2.24) is 35.8 Å². The quantitative estimate of drug-likeness (QED) is 0.272. The molecule has 0 aliphatic carbocycles. The minimum Gasteiger partial charge on any atom is -0.382 e. The van der Waals surface area contributed by atoms with Gasteiger partial charge in [0.2, 0.25) is 5.82 Å². The number of carbonyl (C=O) groups excluding carboxylic acids is 1. The number of halogens is 2. The number of amides is 1. The van der Waals surface area contributed by atoms with Gasteiger partial charge in [0, 0.05) is 29.0 Å². The second-order valence-electron chi connectivity index (χ2n) is 8.58. The zero-order chi connectivity index (χ0) is 25.1. The molecule has 1 atom stereocenters. The molecule has 2 aromatic carbocycles. The van der Waals surface area contributed by atoms with Crippen molar-refractivity contribution in [3.8, 4) is 22.8 Å². The SMILES string of the molecule is Nc1ncc(-c2cccc(CNC(=O)c3ccc(Br)cc3Cl)c2)nc1-c1n[nH]c([C@H]2CCCNC2)n1. The lowest BCUT2D eigenvalue weighted by atomic mass is 9.99. The second kappa shape index (κ2) is 10.7. The molecule has 0 unspecified atom stereocenters. The van der Waals surface area contributed by atoms with Crippen molar-refractivity contribution in [2.75, 3.05) is 18.8 Å². The summed E-state index contributed by atoms with van der Waals surface area (Å²) in [6.45, 7) is 2.22. The van der Waals surface area contributed by atoms with Crippen LogP contribution in [-0.4, -0.2) is 44.1 Å². The molecule has 3 heterocycles. The van der Waals surface area contributed by atoms with Gasteiger partial charge in [0.05, 0.1) is 22.5 Å². The van der Waals surface area contributed by atoms with E-state index in [4.69, 9.17) is 22.3 Å². The van der Waals surface area contributed by atoms with Crippen LogP contribution in [0.4, 0.5) is 5.82 Å². The lowest BCUT2D eigenvalue weighted by Gasteiger charge is -2.20. The summed E-state index contributed by atoms with van der Waals surface area (Å²) in [5.41, 5.74) is 9.36. The van der Waals surface area contributed by atoms with Crippen LogP contribution in [0.5, 0.6) is 0 Å². The van der Waals surface area contributed by atoms with Crippen LogP contribution >= 0.6 is 27.5 Å². The second-order valence-corrected chi connectivity index (χ2v) is 9.91. The Morgan fingerprint density at radius 2 is 2.11 bits per heavy atom. The Labute approximate surface area is 221 Å². The van der Waals surface area contributed by atoms with Crippen molar-refractivity contribution in [3.63, 3.8) is 0 Å². The van der Waals surface area contributed by atoms with Crippen LogP contribution in [0.3, 0.4) is 0 Å². The number of rotatable bonds is 6. The Bertz CT molecular complexity index is 1400. The highest BCUT2D eigenvalue weighted by atomic mass is 79.9. The molecule has 2 aromatic heterocycles. The van der Waals surface area contributed by atoms with Crippen molar-refractivity contribution in [3.05, 3.63) is 75.1 Å². The molecular formula is C25H24BrClN8O. The van der Waals surface area contributed by atoms with Gasteiger partial charge in [-0.15, -0.1) is 0 Å². The van der Waals surface area contributed by atoms with Gasteiger partial charge < -0.3 is 16.4 Å². The Kier molecular flexibility index (Phi) is 7.26. The van der Waals surface area contributed by atoms with Crippen molar-refractivity contribution in [1.29, 1.82) is 0 Å². The summed E-state index contributed by atoms with van der Waals surface area (Å²) in [5.74, 6) is 1.56. The zero-order valence-electron chi connectivity index (χ0n) is 19.3. The summed E-state index contributed by atoms with van der Waals surface area (Å²) in [6, 6.07) is 12.9. The summed E-state index contributed by atoms with van der Waals surface area (Å²) in [4.78, 5) is 26.3. The molecule has 5 rings (SSSR count). The van der Waals surface area contributed by atoms with Crippen molar-refractivity contribution < 1.29 is 4.79 Å². The van der Waals surface area contributed by atoms with Crippen molar-refractivity contribution >= 4 is 39.3 Å². The van der Waals surface area contributed by atoms with Crippen molar-refractivity contribution in [2.24, 2.45) is 0 Å². The predicted octanol–water partition coefficient (Wildman–Crippen LogP) is 4.32. The van der Waals surface area contributed by atoms with Gasteiger partial charge in [-0.25, -0.2) is 15.0 Å². The summed E-state index contributed by atoms with van der Waals surface area (Å²) in [5, 5.41) is 14.1. The third kappa shape index (κ3) is 5.40. The van der Waals surface area contributed by atoms with Crippen LogP contribution in [0.25, 0.3) is 22.8 Å². The van der Waals surface area contributed by atoms with E-state index < -0.39 is 0 Å². The number of aromatic amines is 1. The fraction of sp³-hybridized carbons (Fsp3) is 0.240. The number of aromatic nitrogens is 5. The van der Waals surface area contributed by atoms with Crippen LogP contribution in [0, 0.1) is 0 Å². The van der Waals surface area contributed by atoms with Crippen LogP contribution in [-0.2, 0) is 6.54 Å². The molecule has 184 valence electrons. The molecule has 0 bridgehead atoms. The molecule has 1 aliphatic heterocycles. The summed E-state index contributed by atoms with van der Waals surface area (Å²) in [7, 11) is 0. The van der Waals surface area contributed by atoms with Gasteiger partial charge in [-0.1, -0.05) is 45.7 Å². The van der Waals surface area contributed by atoms with Crippen LogP contribution in [0.1, 0.15) is 40.5 Å². The first kappa shape index (κ1) is 24.4. The topological polar surface area (TPSA) is 134 Å². The van der Waals surface area contributed by atoms with E-state index in [1.54, 1.807) is 24.4 Å². The first-order chi connectivity index (χ1) is 17.5. The number of anilines is 1. The Hall–Kier alpha value is -3.34. The highest BCUT2D eigenvalue weighted by Gasteiger charge is 2.21. The maximum absolute atomic E-state index is 12.6. The summed E-state index contributed by atoms with van der Waals surface area (Å²) in [6.07, 6.45) is 3.78. The van der Waals surface area contributed by atoms with Crippen LogP contribution in [0.2, 0.25) is 5.02 Å². The van der Waals surface area contributed by atoms with E-state index in [1.807, 2.05) is 24.3 Å². The minimum absolute atomic E-state index is 0.249. The van der Waals surface area contributed by atoms with E-state index in [0.717, 1.165) is 47.4 Å². The third-order valence-corrected chi connectivity index (χ3v) is 6.86. The van der Waals surface area contributed by atoms with Gasteiger partial charge in [0.15, 0.2) is 11.5 Å². The average Bonchev–Trinajstić information content (AvgIpc) is 3.38. The first-order valence-electron chi connectivity index (χ1n) is 11.6. The molecule has 0 saturated carbocycles. The lowest BCUT2D eigenvalue weighted by molar-refractivity contribution is 0.0951. The molecule has 9 nitrogen and oxygen atoms in total. The van der Waals surface area contributed by atoms with E-state index in [-0.39, 0.29) is 17.6 Å². The zero-order valence-corrected chi connectivity index (χ0v) is 21.6. The number of hydrogen-bond donors (Lipinski definition) is 4. The molecule has 1 saturated heterocycles. The number of nitrogens with one attached hydrogen (secondary N) is 3. The van der Waals surface area contributed by atoms with Gasteiger partial charge >= 0.3 is 0 Å². The molecular weight excluding hydrogens is 544 g/mol. The molecule has 36 heavy (non-hydrogen) atoms. The number of nitrogens with two attached hydrogens (primary N) is 1. The number of carbonyl (C=O) groups is 1. The standard InChI is InChI=1S/C25H24BrClN8O/c26-17-6-7-18(19(27)10-17)25(36)31-11-14-3-1-4-15(9-14)20-13-30-22(28)21(32-20)24-33-23(34-35-24)16-5-2-8-29-12-16/h1,3-4,6-7,9-10,13,16,29H,2,5,8,11-12H2,(H2,28,30)(H,31,36)(H,33,34,35)/t16-/m0/s1. The van der Waals surface area contributed by atoms with E-state index in [1.165, 1.54) is 0 Å². The minimum atomic E-state index is -0.249. The molecule has 1 fully saturated rings. The van der Waals surface area contributed by atoms with E-state index in [0.29, 0.717) is 34.3 Å². The first-order valence-corrected chi connectivity index (χ1v) is 12.7. The number of H-pyrrole nitrogens is 1. The fourth-order valence-electron chi connectivity index (χ4n) is 4.14. The molecule has 11 heteroatoms. The van der Waals surface area contributed by atoms with E-state index >= 15 is 0 Å². The third-order valence-electron chi connectivity index (χ3n) is 6.05. The number of nitrogens with zero attached hydrogens (tertiary/aromatic N) is 4. The highest BCUT2D eigenvalue weighted by molar-refractivity contribution is 9.10. The summed E-state index contributed by atoms with van der Waals surface area (Å²) >= 11 is 9.55. The molecule has 1 aliphatic rings. The summed E-state index contributed by atoms with van der Waals surface area (Å²) < 4.78 is 0.813. The van der Waals surface area contributed by atoms with Crippen molar-refractivity contribution in [2.45, 2.75) is 25.3 Å². The largest absolute Gasteiger partial charge is 0.382 e. The number of piperidine rings is 1. The Balaban J connectivity index is 1.33. The smallest absolute Gasteiger partial charge is 0.253 e. The van der Waals surface area contributed by atoms with E-state index in [2.05, 4.69) is 46.7 Å². The maximum atomic E-state index is 12.6. The molecule has 1 amide bonds. The molecule has 4 aromatic rings. The Morgan fingerprint density at radius 1 is 1.22 bits per heavy atom. The van der Waals surface area contributed by atoms with Gasteiger partial charge in [0.1, 0.15) is 5.82 Å². The van der Waals surface area contributed by atoms with Crippen LogP contribution in [0.15, 0.2) is 53.1 Å². The Morgan fingerprint density at radius 3 is 2.92 bits per heavy atom. The molecule has 0 radical (unpaired) electrons. The van der Waals surface area contributed by atoms with Gasteiger partial charge in [-0.05, 0) is 49.2 Å². The van der Waals surface area contributed by atoms with Gasteiger partial charge in [0.25, 0.3) is 5.91 Å².